The zero-order valence-electron chi connectivity index (χ0n) is 18.3. The van der Waals surface area contributed by atoms with Crippen molar-refractivity contribution in [2.75, 3.05) is 26.4 Å². The molecule has 0 aromatic carbocycles. The Balaban J connectivity index is 4.37. The topological polar surface area (TPSA) is 151 Å². The third kappa shape index (κ3) is 10.5. The molecule has 0 saturated carbocycles. The van der Waals surface area contributed by atoms with Gasteiger partial charge in [-0.2, -0.15) is 0 Å². The Morgan fingerprint density at radius 3 is 1.33 bits per heavy atom. The Morgan fingerprint density at radius 2 is 1.07 bits per heavy atom. The lowest BCUT2D eigenvalue weighted by atomic mass is 9.99. The molecule has 0 bridgehead atoms. The lowest BCUT2D eigenvalue weighted by Crippen LogP contribution is -2.47. The molecule has 30 heavy (non-hydrogen) atoms. The predicted octanol–water partition coefficient (Wildman–Crippen LogP) is -0.101. The summed E-state index contributed by atoms with van der Waals surface area (Å²) in [5.41, 5.74) is 0. The minimum Gasteiger partial charge on any atom is -0.464 e. The molecule has 4 atom stereocenters. The quantitative estimate of drug-likeness (QED) is 0.207. The zero-order chi connectivity index (χ0) is 23.1. The summed E-state index contributed by atoms with van der Waals surface area (Å²) in [6, 6.07) is -1.67. The number of amides is 2. The van der Waals surface area contributed by atoms with Gasteiger partial charge >= 0.3 is 11.9 Å². The summed E-state index contributed by atoms with van der Waals surface area (Å²) in [5, 5.41) is 22.6. The van der Waals surface area contributed by atoms with Crippen LogP contribution in [0.25, 0.3) is 0 Å². The lowest BCUT2D eigenvalue weighted by Gasteiger charge is -2.23. The van der Waals surface area contributed by atoms with Gasteiger partial charge in [-0.15, -0.1) is 0 Å². The van der Waals surface area contributed by atoms with Crippen LogP contribution in [0.15, 0.2) is 0 Å². The molecule has 10 nitrogen and oxygen atoms in total. The maximum atomic E-state index is 12.2. The van der Waals surface area contributed by atoms with E-state index in [4.69, 9.17) is 19.7 Å². The van der Waals surface area contributed by atoms with Crippen molar-refractivity contribution < 1.29 is 38.9 Å². The largest absolute Gasteiger partial charge is 0.464 e. The number of aliphatic hydroxyl groups excluding tert-OH is 2. The molecule has 174 valence electrons. The summed E-state index contributed by atoms with van der Waals surface area (Å²) in [4.78, 5) is 47.2. The normalized spacial score (nSPS) is 14.7. The van der Waals surface area contributed by atoms with Gasteiger partial charge in [-0.25, -0.2) is 9.59 Å². The van der Waals surface area contributed by atoms with Crippen LogP contribution in [0.3, 0.4) is 0 Å². The zero-order valence-corrected chi connectivity index (χ0v) is 18.3. The van der Waals surface area contributed by atoms with Crippen LogP contribution in [0, 0.1) is 11.8 Å². The summed E-state index contributed by atoms with van der Waals surface area (Å²) in [5.74, 6) is -2.75. The van der Waals surface area contributed by atoms with Crippen molar-refractivity contribution in [2.24, 2.45) is 11.8 Å². The Morgan fingerprint density at radius 1 is 0.733 bits per heavy atom. The number of carbonyl (C=O) groups excluding carboxylic acids is 4. The standard InChI is InChI=1S/C20H36N2O8/c1-5-13(3)17(21-15(25)11-23)19(27)29-9-7-8-10-30-20(28)18(14(4)6-2)22-16(26)12-24/h13-14,17-18,23-24H,5-12H2,1-4H3,(H,21,25)(H,22,26)/t13?,14?,17-,18+. The third-order valence-electron chi connectivity index (χ3n) is 4.88. The molecule has 0 aliphatic carbocycles. The SMILES string of the molecule is CCC(C)[C@H](NC(=O)CO)C(=O)OCCCCOC(=O)[C@H](NC(=O)CO)C(C)CC. The van der Waals surface area contributed by atoms with Gasteiger partial charge < -0.3 is 30.3 Å². The van der Waals surface area contributed by atoms with E-state index < -0.39 is 49.1 Å². The second kappa shape index (κ2) is 15.6. The van der Waals surface area contributed by atoms with E-state index in [1.807, 2.05) is 13.8 Å². The van der Waals surface area contributed by atoms with Crippen LogP contribution >= 0.6 is 0 Å². The van der Waals surface area contributed by atoms with E-state index in [2.05, 4.69) is 10.6 Å². The van der Waals surface area contributed by atoms with E-state index in [-0.39, 0.29) is 25.0 Å². The number of carbonyl (C=O) groups is 4. The summed E-state index contributed by atoms with van der Waals surface area (Å²) >= 11 is 0. The number of ether oxygens (including phenoxy) is 2. The first-order chi connectivity index (χ1) is 14.2. The first kappa shape index (κ1) is 27.8. The number of nitrogens with one attached hydrogen (secondary N) is 2. The summed E-state index contributed by atoms with van der Waals surface area (Å²) in [6.07, 6.45) is 2.17. The van der Waals surface area contributed by atoms with Crippen LogP contribution in [0.2, 0.25) is 0 Å². The van der Waals surface area contributed by atoms with Crippen LogP contribution in [0.4, 0.5) is 0 Å². The van der Waals surface area contributed by atoms with Gasteiger partial charge in [0.1, 0.15) is 25.3 Å². The monoisotopic (exact) mass is 432 g/mol. The van der Waals surface area contributed by atoms with Gasteiger partial charge in [-0.05, 0) is 24.7 Å². The molecule has 0 spiro atoms. The van der Waals surface area contributed by atoms with Gasteiger partial charge in [-0.1, -0.05) is 40.5 Å². The lowest BCUT2D eigenvalue weighted by molar-refractivity contribution is -0.151. The molecule has 0 aromatic heterocycles. The van der Waals surface area contributed by atoms with E-state index in [1.165, 1.54) is 0 Å². The van der Waals surface area contributed by atoms with Crippen molar-refractivity contribution in [2.45, 2.75) is 65.5 Å². The third-order valence-corrected chi connectivity index (χ3v) is 4.88. The Bertz CT molecular complexity index is 507. The summed E-state index contributed by atoms with van der Waals surface area (Å²) in [6.45, 7) is 6.12. The smallest absolute Gasteiger partial charge is 0.328 e. The van der Waals surface area contributed by atoms with Crippen molar-refractivity contribution in [3.8, 4) is 0 Å². The average molecular weight is 433 g/mol. The van der Waals surface area contributed by atoms with E-state index in [9.17, 15) is 19.2 Å². The minimum absolute atomic E-state index is 0.0916. The van der Waals surface area contributed by atoms with Crippen molar-refractivity contribution in [3.05, 3.63) is 0 Å². The molecule has 0 aromatic rings. The van der Waals surface area contributed by atoms with Gasteiger partial charge in [0.2, 0.25) is 11.8 Å². The van der Waals surface area contributed by atoms with Crippen LogP contribution in [-0.4, -0.2) is 72.5 Å². The molecule has 0 saturated heterocycles. The number of esters is 2. The fourth-order valence-corrected chi connectivity index (χ4v) is 2.51. The van der Waals surface area contributed by atoms with E-state index in [0.717, 1.165) is 0 Å². The Hall–Kier alpha value is -2.20. The molecule has 0 heterocycles. The molecular weight excluding hydrogens is 396 g/mol. The molecular formula is C20H36N2O8. The maximum absolute atomic E-state index is 12.2. The molecule has 4 N–H and O–H groups in total. The van der Waals surface area contributed by atoms with E-state index >= 15 is 0 Å². The molecule has 0 fully saturated rings. The number of unbranched alkanes of at least 4 members (excludes halogenated alkanes) is 1. The first-order valence-electron chi connectivity index (χ1n) is 10.3. The number of hydrogen-bond donors (Lipinski definition) is 4. The molecule has 0 aliphatic heterocycles. The highest BCUT2D eigenvalue weighted by atomic mass is 16.5. The highest BCUT2D eigenvalue weighted by molar-refractivity contribution is 5.85. The van der Waals surface area contributed by atoms with Crippen molar-refractivity contribution in [3.63, 3.8) is 0 Å². The second-order valence-corrected chi connectivity index (χ2v) is 7.22. The number of hydrogen-bond acceptors (Lipinski definition) is 8. The average Bonchev–Trinajstić information content (AvgIpc) is 2.75. The van der Waals surface area contributed by atoms with Crippen LogP contribution in [0.1, 0.15) is 53.4 Å². The highest BCUT2D eigenvalue weighted by Gasteiger charge is 2.28. The van der Waals surface area contributed by atoms with Gasteiger partial charge in [0.15, 0.2) is 0 Å². The molecule has 0 rings (SSSR count). The van der Waals surface area contributed by atoms with Crippen LogP contribution in [0.5, 0.6) is 0 Å². The van der Waals surface area contributed by atoms with E-state index in [1.54, 1.807) is 13.8 Å². The van der Waals surface area contributed by atoms with E-state index in [0.29, 0.717) is 25.7 Å². The fourth-order valence-electron chi connectivity index (χ4n) is 2.51. The van der Waals surface area contributed by atoms with Crippen LogP contribution in [-0.2, 0) is 28.7 Å². The molecule has 0 aliphatic rings. The van der Waals surface area contributed by atoms with Crippen molar-refractivity contribution >= 4 is 23.8 Å². The van der Waals surface area contributed by atoms with Gasteiger partial charge in [0, 0.05) is 0 Å². The molecule has 2 unspecified atom stereocenters. The van der Waals surface area contributed by atoms with Gasteiger partial charge in [0.25, 0.3) is 0 Å². The predicted molar refractivity (Wildman–Crippen MR) is 108 cm³/mol. The Kier molecular flexibility index (Phi) is 14.5. The Labute approximate surface area is 177 Å². The summed E-state index contributed by atoms with van der Waals surface area (Å²) in [7, 11) is 0. The minimum atomic E-state index is -0.834. The van der Waals surface area contributed by atoms with Crippen LogP contribution < -0.4 is 10.6 Å². The maximum Gasteiger partial charge on any atom is 0.328 e. The summed E-state index contributed by atoms with van der Waals surface area (Å²) < 4.78 is 10.4. The molecule has 10 heteroatoms. The first-order valence-corrected chi connectivity index (χ1v) is 10.3. The molecule has 2 amide bonds. The number of rotatable bonds is 15. The van der Waals surface area contributed by atoms with Crippen molar-refractivity contribution in [1.82, 2.24) is 10.6 Å². The molecule has 0 radical (unpaired) electrons. The van der Waals surface area contributed by atoms with Gasteiger partial charge in [0.05, 0.1) is 13.2 Å². The fraction of sp³-hybridized carbons (Fsp3) is 0.800. The highest BCUT2D eigenvalue weighted by Crippen LogP contribution is 2.11. The van der Waals surface area contributed by atoms with Crippen molar-refractivity contribution in [1.29, 1.82) is 0 Å². The second-order valence-electron chi connectivity index (χ2n) is 7.22. The van der Waals surface area contributed by atoms with Gasteiger partial charge in [-0.3, -0.25) is 9.59 Å². The number of aliphatic hydroxyl groups is 2.